The molecule has 0 aliphatic heterocycles. The third-order valence-corrected chi connectivity index (χ3v) is 10.3. The fourth-order valence-corrected chi connectivity index (χ4v) is 8.67. The molecule has 9 atom stereocenters. The fourth-order valence-electron chi connectivity index (χ4n) is 8.67. The van der Waals surface area contributed by atoms with Crippen LogP contribution in [0.5, 0.6) is 0 Å². The quantitative estimate of drug-likeness (QED) is 0.646. The number of carboxylic acid groups (broad SMARTS) is 1. The average molecular weight is 389 g/mol. The number of ketones is 1. The minimum absolute atomic E-state index is 0.236. The van der Waals surface area contributed by atoms with Gasteiger partial charge in [-0.15, -0.1) is 0 Å². The molecular formula is C25H40O3. The van der Waals surface area contributed by atoms with Gasteiger partial charge in [-0.05, 0) is 91.3 Å². The van der Waals surface area contributed by atoms with E-state index in [-0.39, 0.29) is 17.8 Å². The van der Waals surface area contributed by atoms with Crippen LogP contribution in [0.25, 0.3) is 0 Å². The lowest BCUT2D eigenvalue weighted by Gasteiger charge is -2.60. The first-order valence-electron chi connectivity index (χ1n) is 11.9. The van der Waals surface area contributed by atoms with Crippen molar-refractivity contribution < 1.29 is 14.7 Å². The van der Waals surface area contributed by atoms with E-state index in [4.69, 9.17) is 5.11 Å². The molecule has 158 valence electrons. The number of Topliss-reactive ketones (excluding diaryl/α,β-unsaturated/α-hetero) is 1. The SMILES string of the molecule is C[C@@H]1CC[C@@]2(C)C(CC(=O)C3C2CC[C@@]2(C)C3CC[C@@H]2[C@H](C)CCC(=O)O)C1. The predicted octanol–water partition coefficient (Wildman–Crippen LogP) is 5.96. The Morgan fingerprint density at radius 2 is 1.79 bits per heavy atom. The van der Waals surface area contributed by atoms with Crippen molar-refractivity contribution in [3.8, 4) is 0 Å². The molecule has 3 nitrogen and oxygen atoms in total. The third kappa shape index (κ3) is 3.06. The Bertz CT molecular complexity index is 642. The van der Waals surface area contributed by atoms with Gasteiger partial charge in [0.15, 0.2) is 0 Å². The Morgan fingerprint density at radius 1 is 1.11 bits per heavy atom. The van der Waals surface area contributed by atoms with Crippen molar-refractivity contribution in [1.29, 1.82) is 0 Å². The number of rotatable bonds is 4. The predicted molar refractivity (Wildman–Crippen MR) is 111 cm³/mol. The molecule has 0 bridgehead atoms. The fraction of sp³-hybridized carbons (Fsp3) is 0.920. The van der Waals surface area contributed by atoms with E-state index in [9.17, 15) is 9.59 Å². The van der Waals surface area contributed by atoms with E-state index in [0.29, 0.717) is 40.8 Å². The van der Waals surface area contributed by atoms with Crippen LogP contribution in [0.3, 0.4) is 0 Å². The first kappa shape index (κ1) is 20.4. The molecule has 0 spiro atoms. The summed E-state index contributed by atoms with van der Waals surface area (Å²) in [6, 6.07) is 0. The molecule has 1 N–H and O–H groups in total. The largest absolute Gasteiger partial charge is 0.481 e. The van der Waals surface area contributed by atoms with Gasteiger partial charge < -0.3 is 5.11 Å². The van der Waals surface area contributed by atoms with Crippen molar-refractivity contribution >= 4 is 11.8 Å². The van der Waals surface area contributed by atoms with E-state index >= 15 is 0 Å². The van der Waals surface area contributed by atoms with Crippen LogP contribution in [0.2, 0.25) is 0 Å². The van der Waals surface area contributed by atoms with Gasteiger partial charge in [0.05, 0.1) is 0 Å². The monoisotopic (exact) mass is 388 g/mol. The molecule has 0 amide bonds. The number of carbonyl (C=O) groups is 2. The molecular weight excluding hydrogens is 348 g/mol. The lowest BCUT2D eigenvalue weighted by molar-refractivity contribution is -0.158. The molecule has 4 saturated carbocycles. The van der Waals surface area contributed by atoms with Crippen LogP contribution in [0.15, 0.2) is 0 Å². The van der Waals surface area contributed by atoms with Crippen molar-refractivity contribution in [2.24, 2.45) is 52.3 Å². The molecule has 4 unspecified atom stereocenters. The summed E-state index contributed by atoms with van der Waals surface area (Å²) in [5.41, 5.74) is 0.610. The van der Waals surface area contributed by atoms with Crippen LogP contribution >= 0.6 is 0 Å². The highest BCUT2D eigenvalue weighted by molar-refractivity contribution is 5.83. The first-order chi connectivity index (χ1) is 13.2. The molecule has 28 heavy (non-hydrogen) atoms. The molecule has 0 aromatic rings. The average Bonchev–Trinajstić information content (AvgIpc) is 2.98. The number of aliphatic carboxylic acids is 1. The maximum Gasteiger partial charge on any atom is 0.303 e. The van der Waals surface area contributed by atoms with Gasteiger partial charge in [-0.2, -0.15) is 0 Å². The van der Waals surface area contributed by atoms with E-state index in [1.165, 1.54) is 44.9 Å². The molecule has 4 aliphatic carbocycles. The highest BCUT2D eigenvalue weighted by atomic mass is 16.4. The van der Waals surface area contributed by atoms with E-state index < -0.39 is 5.97 Å². The summed E-state index contributed by atoms with van der Waals surface area (Å²) in [6.45, 7) is 9.61. The van der Waals surface area contributed by atoms with Crippen LogP contribution in [0.1, 0.15) is 91.9 Å². The van der Waals surface area contributed by atoms with E-state index in [1.807, 2.05) is 0 Å². The molecule has 3 heteroatoms. The molecule has 0 saturated heterocycles. The summed E-state index contributed by atoms with van der Waals surface area (Å²) in [5.74, 6) is 3.74. The zero-order valence-corrected chi connectivity index (χ0v) is 18.4. The Morgan fingerprint density at radius 3 is 2.50 bits per heavy atom. The molecule has 0 heterocycles. The van der Waals surface area contributed by atoms with Crippen molar-refractivity contribution in [3.05, 3.63) is 0 Å². The van der Waals surface area contributed by atoms with Gasteiger partial charge in [0.25, 0.3) is 0 Å². The second-order valence-corrected chi connectivity index (χ2v) is 11.6. The smallest absolute Gasteiger partial charge is 0.303 e. The van der Waals surface area contributed by atoms with Gasteiger partial charge in [-0.3, -0.25) is 9.59 Å². The molecule has 0 radical (unpaired) electrons. The standard InChI is InChI=1S/C25H40O3/c1-15-9-11-24(3)17(13-15)14-21(26)23-19-7-6-18(16(2)5-8-22(27)28)25(19,4)12-10-20(23)24/h15-20,23H,5-14H2,1-4H3,(H,27,28)/t15-,16-,17?,18-,19?,20?,23?,24+,25-/m1/s1. The summed E-state index contributed by atoms with van der Waals surface area (Å²) in [4.78, 5) is 24.5. The summed E-state index contributed by atoms with van der Waals surface area (Å²) in [7, 11) is 0. The number of fused-ring (bicyclic) bond motifs is 5. The van der Waals surface area contributed by atoms with Gasteiger partial charge in [-0.1, -0.05) is 34.1 Å². The Kier molecular flexibility index (Phi) is 5.20. The minimum atomic E-state index is -0.678. The van der Waals surface area contributed by atoms with Crippen molar-refractivity contribution in [1.82, 2.24) is 0 Å². The zero-order valence-electron chi connectivity index (χ0n) is 18.4. The molecule has 4 fully saturated rings. The van der Waals surface area contributed by atoms with Crippen LogP contribution in [0, 0.1) is 52.3 Å². The third-order valence-electron chi connectivity index (χ3n) is 10.3. The Balaban J connectivity index is 1.56. The number of carboxylic acids is 1. The summed E-state index contributed by atoms with van der Waals surface area (Å²) in [5, 5.41) is 9.10. The van der Waals surface area contributed by atoms with Crippen molar-refractivity contribution in [3.63, 3.8) is 0 Å². The summed E-state index contributed by atoms with van der Waals surface area (Å²) in [6.07, 6.45) is 10.6. The minimum Gasteiger partial charge on any atom is -0.481 e. The van der Waals surface area contributed by atoms with Gasteiger partial charge in [0.1, 0.15) is 5.78 Å². The lowest BCUT2D eigenvalue weighted by Crippen LogP contribution is -2.57. The number of carbonyl (C=O) groups excluding carboxylic acids is 1. The van der Waals surface area contributed by atoms with Gasteiger partial charge in [0.2, 0.25) is 0 Å². The molecule has 4 aliphatic rings. The van der Waals surface area contributed by atoms with Gasteiger partial charge >= 0.3 is 5.97 Å². The Hall–Kier alpha value is -0.860. The van der Waals surface area contributed by atoms with Gasteiger partial charge in [0, 0.05) is 18.8 Å². The van der Waals surface area contributed by atoms with Crippen LogP contribution in [-0.4, -0.2) is 16.9 Å². The summed E-state index contributed by atoms with van der Waals surface area (Å²) < 4.78 is 0. The number of hydrogen-bond donors (Lipinski definition) is 1. The van der Waals surface area contributed by atoms with E-state index in [2.05, 4.69) is 27.7 Å². The topological polar surface area (TPSA) is 54.4 Å². The lowest BCUT2D eigenvalue weighted by atomic mass is 9.43. The van der Waals surface area contributed by atoms with E-state index in [0.717, 1.165) is 18.8 Å². The van der Waals surface area contributed by atoms with Crippen LogP contribution < -0.4 is 0 Å². The molecule has 0 aromatic heterocycles. The van der Waals surface area contributed by atoms with Gasteiger partial charge in [-0.25, -0.2) is 0 Å². The first-order valence-corrected chi connectivity index (χ1v) is 11.9. The highest BCUT2D eigenvalue weighted by Gasteiger charge is 2.62. The second kappa shape index (κ2) is 7.13. The van der Waals surface area contributed by atoms with Crippen LogP contribution in [-0.2, 0) is 9.59 Å². The van der Waals surface area contributed by atoms with Crippen LogP contribution in [0.4, 0.5) is 0 Å². The maximum atomic E-state index is 13.4. The maximum absolute atomic E-state index is 13.4. The highest BCUT2D eigenvalue weighted by Crippen LogP contribution is 2.67. The normalized spacial score (nSPS) is 49.1. The molecule has 4 rings (SSSR count). The van der Waals surface area contributed by atoms with E-state index in [1.54, 1.807) is 0 Å². The Labute approximate surface area is 171 Å². The second-order valence-electron chi connectivity index (χ2n) is 11.6. The summed E-state index contributed by atoms with van der Waals surface area (Å²) >= 11 is 0. The zero-order chi connectivity index (χ0) is 20.3. The molecule has 0 aromatic carbocycles. The van der Waals surface area contributed by atoms with Crippen molar-refractivity contribution in [2.45, 2.75) is 91.9 Å². The van der Waals surface area contributed by atoms with Crippen molar-refractivity contribution in [2.75, 3.05) is 0 Å². The number of hydrogen-bond acceptors (Lipinski definition) is 2.